The van der Waals surface area contributed by atoms with Gasteiger partial charge in [0.2, 0.25) is 0 Å². The van der Waals surface area contributed by atoms with Crippen molar-refractivity contribution in [1.82, 2.24) is 10.3 Å². The van der Waals surface area contributed by atoms with Crippen LogP contribution in [0.5, 0.6) is 5.75 Å². The van der Waals surface area contributed by atoms with E-state index >= 15 is 0 Å². The molecule has 1 saturated carbocycles. The van der Waals surface area contributed by atoms with E-state index in [4.69, 9.17) is 4.74 Å². The Labute approximate surface area is 104 Å². The van der Waals surface area contributed by atoms with Gasteiger partial charge in [-0.3, -0.25) is 4.98 Å². The third-order valence-corrected chi connectivity index (χ3v) is 3.28. The first-order chi connectivity index (χ1) is 8.33. The molecule has 1 N–H and O–H groups in total. The Morgan fingerprint density at radius 3 is 2.94 bits per heavy atom. The third kappa shape index (κ3) is 3.70. The Hall–Kier alpha value is -1.09. The molecule has 1 aliphatic carbocycles. The lowest BCUT2D eigenvalue weighted by atomic mass is 10.0. The molecule has 0 aromatic carbocycles. The van der Waals surface area contributed by atoms with Crippen molar-refractivity contribution in [1.29, 1.82) is 0 Å². The number of methoxy groups -OCH3 is 1. The van der Waals surface area contributed by atoms with Crippen LogP contribution in [0.15, 0.2) is 18.5 Å². The van der Waals surface area contributed by atoms with Gasteiger partial charge in [0.1, 0.15) is 5.75 Å². The first-order valence-corrected chi connectivity index (χ1v) is 6.55. The van der Waals surface area contributed by atoms with Crippen molar-refractivity contribution >= 4 is 0 Å². The van der Waals surface area contributed by atoms with Gasteiger partial charge in [0.05, 0.1) is 13.3 Å². The lowest BCUT2D eigenvalue weighted by Gasteiger charge is -2.18. The van der Waals surface area contributed by atoms with E-state index in [0.717, 1.165) is 18.2 Å². The second kappa shape index (κ2) is 6.01. The number of nitrogens with zero attached hydrogens (tertiary/aromatic N) is 1. The highest BCUT2D eigenvalue weighted by Crippen LogP contribution is 2.37. The van der Waals surface area contributed by atoms with Crippen molar-refractivity contribution in [3.63, 3.8) is 0 Å². The highest BCUT2D eigenvalue weighted by atomic mass is 16.5. The van der Waals surface area contributed by atoms with Gasteiger partial charge in [-0.1, -0.05) is 19.8 Å². The summed E-state index contributed by atoms with van der Waals surface area (Å²) in [6.45, 7) is 3.26. The molecular formula is C14H22N2O. The van der Waals surface area contributed by atoms with Crippen LogP contribution < -0.4 is 10.1 Å². The molecule has 1 atom stereocenters. The summed E-state index contributed by atoms with van der Waals surface area (Å²) in [5, 5.41) is 3.61. The molecule has 1 heterocycles. The zero-order valence-corrected chi connectivity index (χ0v) is 10.8. The van der Waals surface area contributed by atoms with Crippen molar-refractivity contribution in [2.24, 2.45) is 5.92 Å². The van der Waals surface area contributed by atoms with E-state index in [0.29, 0.717) is 6.04 Å². The van der Waals surface area contributed by atoms with Crippen molar-refractivity contribution in [2.75, 3.05) is 13.7 Å². The molecule has 2 rings (SSSR count). The molecule has 3 nitrogen and oxygen atoms in total. The fraction of sp³-hybridized carbons (Fsp3) is 0.643. The molecule has 0 aliphatic heterocycles. The molecule has 0 spiro atoms. The van der Waals surface area contributed by atoms with Crippen molar-refractivity contribution in [3.05, 3.63) is 24.0 Å². The summed E-state index contributed by atoms with van der Waals surface area (Å²) in [5.74, 6) is 1.76. The van der Waals surface area contributed by atoms with Crippen LogP contribution in [-0.2, 0) is 0 Å². The lowest BCUT2D eigenvalue weighted by molar-refractivity contribution is 0.409. The van der Waals surface area contributed by atoms with Crippen LogP contribution in [0, 0.1) is 5.92 Å². The van der Waals surface area contributed by atoms with Crippen LogP contribution >= 0.6 is 0 Å². The molecule has 1 aromatic rings. The number of nitrogens with one attached hydrogen (secondary N) is 1. The summed E-state index contributed by atoms with van der Waals surface area (Å²) in [7, 11) is 1.69. The Bertz CT molecular complexity index is 350. The molecule has 3 heteroatoms. The second-order valence-corrected chi connectivity index (χ2v) is 4.84. The number of rotatable bonds is 7. The standard InChI is InChI=1S/C14H22N2O/c1-3-6-16-14(7-11-4-5-11)12-8-13(17-2)10-15-9-12/h8-11,14,16H,3-7H2,1-2H3. The van der Waals surface area contributed by atoms with Gasteiger partial charge < -0.3 is 10.1 Å². The van der Waals surface area contributed by atoms with E-state index in [-0.39, 0.29) is 0 Å². The van der Waals surface area contributed by atoms with E-state index in [1.807, 2.05) is 6.20 Å². The molecule has 94 valence electrons. The van der Waals surface area contributed by atoms with Gasteiger partial charge in [-0.05, 0) is 36.9 Å². The summed E-state index contributed by atoms with van der Waals surface area (Å²) in [6, 6.07) is 2.54. The van der Waals surface area contributed by atoms with Gasteiger partial charge in [-0.2, -0.15) is 0 Å². The van der Waals surface area contributed by atoms with Gasteiger partial charge in [-0.25, -0.2) is 0 Å². The van der Waals surface area contributed by atoms with Crippen LogP contribution in [0.3, 0.4) is 0 Å². The molecule has 1 fully saturated rings. The smallest absolute Gasteiger partial charge is 0.137 e. The molecule has 0 radical (unpaired) electrons. The summed E-state index contributed by atoms with van der Waals surface area (Å²) < 4.78 is 5.24. The topological polar surface area (TPSA) is 34.2 Å². The van der Waals surface area contributed by atoms with Crippen LogP contribution in [0.4, 0.5) is 0 Å². The normalized spacial score (nSPS) is 16.8. The number of aromatic nitrogens is 1. The molecule has 1 aliphatic rings. The van der Waals surface area contributed by atoms with E-state index < -0.39 is 0 Å². The molecule has 0 bridgehead atoms. The summed E-state index contributed by atoms with van der Waals surface area (Å²) in [5.41, 5.74) is 1.25. The molecular weight excluding hydrogens is 212 g/mol. The Morgan fingerprint density at radius 2 is 2.29 bits per heavy atom. The predicted molar refractivity (Wildman–Crippen MR) is 69.2 cm³/mol. The minimum absolute atomic E-state index is 0.435. The van der Waals surface area contributed by atoms with Crippen LogP contribution in [0.25, 0.3) is 0 Å². The molecule has 1 aromatic heterocycles. The second-order valence-electron chi connectivity index (χ2n) is 4.84. The molecule has 1 unspecified atom stereocenters. The van der Waals surface area contributed by atoms with Gasteiger partial charge in [0.15, 0.2) is 0 Å². The van der Waals surface area contributed by atoms with Crippen LogP contribution in [0.2, 0.25) is 0 Å². The lowest BCUT2D eigenvalue weighted by Crippen LogP contribution is -2.22. The van der Waals surface area contributed by atoms with Crippen molar-refractivity contribution < 1.29 is 4.74 Å². The van der Waals surface area contributed by atoms with Crippen LogP contribution in [0.1, 0.15) is 44.2 Å². The Balaban J connectivity index is 2.05. The maximum atomic E-state index is 5.24. The first kappa shape index (κ1) is 12.4. The zero-order chi connectivity index (χ0) is 12.1. The fourth-order valence-corrected chi connectivity index (χ4v) is 2.08. The van der Waals surface area contributed by atoms with E-state index in [1.54, 1.807) is 13.3 Å². The monoisotopic (exact) mass is 234 g/mol. The number of hydrogen-bond acceptors (Lipinski definition) is 3. The van der Waals surface area contributed by atoms with Crippen molar-refractivity contribution in [3.8, 4) is 5.75 Å². The van der Waals surface area contributed by atoms with Gasteiger partial charge >= 0.3 is 0 Å². The summed E-state index contributed by atoms with van der Waals surface area (Å²) in [4.78, 5) is 4.25. The number of ether oxygens (including phenoxy) is 1. The predicted octanol–water partition coefficient (Wildman–Crippen LogP) is 2.93. The SMILES string of the molecule is CCCNC(CC1CC1)c1cncc(OC)c1. The maximum absolute atomic E-state index is 5.24. The van der Waals surface area contributed by atoms with Crippen LogP contribution in [-0.4, -0.2) is 18.6 Å². The minimum Gasteiger partial charge on any atom is -0.495 e. The summed E-state index contributed by atoms with van der Waals surface area (Å²) in [6.07, 6.45) is 8.90. The average molecular weight is 234 g/mol. The Kier molecular flexibility index (Phi) is 4.37. The average Bonchev–Trinajstić information content (AvgIpc) is 3.18. The largest absolute Gasteiger partial charge is 0.495 e. The zero-order valence-electron chi connectivity index (χ0n) is 10.8. The van der Waals surface area contributed by atoms with E-state index in [1.165, 1.54) is 31.2 Å². The number of hydrogen-bond donors (Lipinski definition) is 1. The van der Waals surface area contributed by atoms with E-state index in [9.17, 15) is 0 Å². The Morgan fingerprint density at radius 1 is 1.47 bits per heavy atom. The van der Waals surface area contributed by atoms with Gasteiger partial charge in [-0.15, -0.1) is 0 Å². The first-order valence-electron chi connectivity index (χ1n) is 6.55. The third-order valence-electron chi connectivity index (χ3n) is 3.28. The van der Waals surface area contributed by atoms with Gasteiger partial charge in [0.25, 0.3) is 0 Å². The molecule has 17 heavy (non-hydrogen) atoms. The maximum Gasteiger partial charge on any atom is 0.137 e. The highest BCUT2D eigenvalue weighted by molar-refractivity contribution is 5.26. The van der Waals surface area contributed by atoms with Crippen molar-refractivity contribution in [2.45, 2.75) is 38.6 Å². The quantitative estimate of drug-likeness (QED) is 0.787. The number of pyridine rings is 1. The fourth-order valence-electron chi connectivity index (χ4n) is 2.08. The molecule has 0 saturated heterocycles. The molecule has 0 amide bonds. The summed E-state index contributed by atoms with van der Waals surface area (Å²) >= 11 is 0. The minimum atomic E-state index is 0.435. The van der Waals surface area contributed by atoms with Gasteiger partial charge in [0, 0.05) is 12.2 Å². The van der Waals surface area contributed by atoms with E-state index in [2.05, 4.69) is 23.3 Å². The highest BCUT2D eigenvalue weighted by Gasteiger charge is 2.26.